The van der Waals surface area contributed by atoms with E-state index in [1.807, 2.05) is 49.4 Å². The monoisotopic (exact) mass is 267 g/mol. The topological polar surface area (TPSA) is 53.2 Å². The van der Waals surface area contributed by atoms with Crippen LogP contribution in [-0.2, 0) is 6.61 Å². The van der Waals surface area contributed by atoms with E-state index >= 15 is 0 Å². The average molecular weight is 267 g/mol. The van der Waals surface area contributed by atoms with Gasteiger partial charge in [0, 0.05) is 18.1 Å². The number of aliphatic hydroxyl groups is 1. The highest BCUT2D eigenvalue weighted by Gasteiger charge is 2.05. The first-order valence-corrected chi connectivity index (χ1v) is 6.56. The van der Waals surface area contributed by atoms with Crippen LogP contribution in [0.25, 0.3) is 0 Å². The summed E-state index contributed by atoms with van der Waals surface area (Å²) in [5.41, 5.74) is 2.60. The fraction of sp³-hybridized carbons (Fsp3) is 0.235. The lowest BCUT2D eigenvalue weighted by Gasteiger charge is -2.11. The maximum Gasteiger partial charge on any atom is 0.119 e. The van der Waals surface area contributed by atoms with Gasteiger partial charge in [-0.05, 0) is 23.8 Å². The summed E-state index contributed by atoms with van der Waals surface area (Å²) in [6.45, 7) is 2.48. The van der Waals surface area contributed by atoms with E-state index in [0.29, 0.717) is 12.2 Å². The average Bonchev–Trinajstić information content (AvgIpc) is 2.53. The van der Waals surface area contributed by atoms with Gasteiger partial charge in [-0.1, -0.05) is 37.3 Å². The number of nitrogens with zero attached hydrogens (tertiary/aromatic N) is 1. The lowest BCUT2D eigenvalue weighted by Crippen LogP contribution is -2.00. The van der Waals surface area contributed by atoms with E-state index in [0.717, 1.165) is 16.9 Å². The van der Waals surface area contributed by atoms with E-state index in [-0.39, 0.29) is 12.5 Å². The molecule has 0 unspecified atom stereocenters. The van der Waals surface area contributed by atoms with Crippen LogP contribution < -0.4 is 4.74 Å². The maximum atomic E-state index is 9.11. The van der Waals surface area contributed by atoms with Crippen LogP contribution in [0.2, 0.25) is 0 Å². The molecule has 0 spiro atoms. The smallest absolute Gasteiger partial charge is 0.119 e. The van der Waals surface area contributed by atoms with Crippen molar-refractivity contribution in [3.63, 3.8) is 0 Å². The molecule has 0 heterocycles. The normalized spacial score (nSPS) is 11.7. The van der Waals surface area contributed by atoms with Crippen molar-refractivity contribution in [2.24, 2.45) is 0 Å². The first-order chi connectivity index (χ1) is 9.74. The Bertz CT molecular complexity index is 599. The molecule has 2 rings (SSSR count). The van der Waals surface area contributed by atoms with Crippen LogP contribution in [0, 0.1) is 11.3 Å². The highest BCUT2D eigenvalue weighted by Crippen LogP contribution is 2.20. The van der Waals surface area contributed by atoms with Gasteiger partial charge in [-0.25, -0.2) is 0 Å². The number of nitriles is 1. The van der Waals surface area contributed by atoms with Crippen molar-refractivity contribution >= 4 is 0 Å². The second kappa shape index (κ2) is 6.74. The van der Waals surface area contributed by atoms with Gasteiger partial charge in [-0.3, -0.25) is 0 Å². The van der Waals surface area contributed by atoms with Gasteiger partial charge in [0.1, 0.15) is 12.4 Å². The number of rotatable bonds is 5. The van der Waals surface area contributed by atoms with Gasteiger partial charge in [0.15, 0.2) is 0 Å². The molecule has 3 nitrogen and oxygen atoms in total. The Morgan fingerprint density at radius 1 is 1.15 bits per heavy atom. The first kappa shape index (κ1) is 14.1. The molecule has 0 bridgehead atoms. The molecule has 0 aliphatic rings. The molecule has 2 aromatic carbocycles. The number of hydrogen-bond acceptors (Lipinski definition) is 3. The Morgan fingerprint density at radius 3 is 2.50 bits per heavy atom. The third-order valence-electron chi connectivity index (χ3n) is 3.26. The summed E-state index contributed by atoms with van der Waals surface area (Å²) in [6, 6.07) is 17.2. The zero-order valence-corrected chi connectivity index (χ0v) is 11.4. The molecule has 1 N–H and O–H groups in total. The van der Waals surface area contributed by atoms with Crippen molar-refractivity contribution in [1.82, 2.24) is 0 Å². The van der Waals surface area contributed by atoms with Crippen LogP contribution in [-0.4, -0.2) is 11.7 Å². The van der Waals surface area contributed by atoms with Gasteiger partial charge < -0.3 is 9.84 Å². The van der Waals surface area contributed by atoms with Crippen molar-refractivity contribution in [2.45, 2.75) is 19.4 Å². The first-order valence-electron chi connectivity index (χ1n) is 6.56. The molecule has 0 radical (unpaired) electrons. The minimum Gasteiger partial charge on any atom is -0.489 e. The second-order valence-electron chi connectivity index (χ2n) is 4.71. The summed E-state index contributed by atoms with van der Waals surface area (Å²) in [6.07, 6.45) is 0. The minimum absolute atomic E-state index is 0.128. The summed E-state index contributed by atoms with van der Waals surface area (Å²) in [5, 5.41) is 18.1. The molecule has 0 saturated heterocycles. The van der Waals surface area contributed by atoms with Crippen LogP contribution in [0.4, 0.5) is 0 Å². The largest absolute Gasteiger partial charge is 0.489 e. The molecule has 2 aromatic rings. The van der Waals surface area contributed by atoms with Gasteiger partial charge in [0.05, 0.1) is 11.6 Å². The van der Waals surface area contributed by atoms with Gasteiger partial charge in [0.25, 0.3) is 0 Å². The zero-order valence-electron chi connectivity index (χ0n) is 11.4. The molecule has 0 aromatic heterocycles. The molecule has 0 saturated carbocycles. The number of ether oxygens (including phenoxy) is 1. The Kier molecular flexibility index (Phi) is 4.75. The molecule has 102 valence electrons. The Balaban J connectivity index is 2.03. The summed E-state index contributed by atoms with van der Waals surface area (Å²) in [5.74, 6) is 0.884. The SMILES string of the molecule is C[C@@H](CO)c1ccc(OCc2ccccc2C#N)cc1. The van der Waals surface area contributed by atoms with Crippen LogP contribution in [0.3, 0.4) is 0 Å². The summed E-state index contributed by atoms with van der Waals surface area (Å²) < 4.78 is 5.69. The van der Waals surface area contributed by atoms with Crippen molar-refractivity contribution < 1.29 is 9.84 Å². The lowest BCUT2D eigenvalue weighted by molar-refractivity contribution is 0.272. The van der Waals surface area contributed by atoms with Gasteiger partial charge in [-0.2, -0.15) is 5.26 Å². The predicted molar refractivity (Wildman–Crippen MR) is 77.4 cm³/mol. The number of hydrogen-bond donors (Lipinski definition) is 1. The van der Waals surface area contributed by atoms with Crippen LogP contribution in [0.15, 0.2) is 48.5 Å². The quantitative estimate of drug-likeness (QED) is 0.904. The third-order valence-corrected chi connectivity index (χ3v) is 3.26. The van der Waals surface area contributed by atoms with E-state index in [1.54, 1.807) is 6.07 Å². The third kappa shape index (κ3) is 3.37. The van der Waals surface area contributed by atoms with Crippen molar-refractivity contribution in [3.8, 4) is 11.8 Å². The van der Waals surface area contributed by atoms with Gasteiger partial charge in [-0.15, -0.1) is 0 Å². The van der Waals surface area contributed by atoms with Crippen molar-refractivity contribution in [1.29, 1.82) is 5.26 Å². The van der Waals surface area contributed by atoms with Crippen LogP contribution >= 0.6 is 0 Å². The molecular weight excluding hydrogens is 250 g/mol. The Labute approximate surface area is 119 Å². The summed E-state index contributed by atoms with van der Waals surface area (Å²) in [4.78, 5) is 0. The van der Waals surface area contributed by atoms with E-state index in [1.165, 1.54) is 0 Å². The van der Waals surface area contributed by atoms with Gasteiger partial charge in [0.2, 0.25) is 0 Å². The van der Waals surface area contributed by atoms with Crippen molar-refractivity contribution in [2.75, 3.05) is 6.61 Å². The van der Waals surface area contributed by atoms with E-state index in [9.17, 15) is 0 Å². The highest BCUT2D eigenvalue weighted by molar-refractivity contribution is 5.37. The number of benzene rings is 2. The Hall–Kier alpha value is -2.31. The van der Waals surface area contributed by atoms with Crippen LogP contribution in [0.5, 0.6) is 5.75 Å². The standard InChI is InChI=1S/C17H17NO2/c1-13(11-19)14-6-8-17(9-7-14)20-12-16-5-3-2-4-15(16)10-18/h2-9,13,19H,11-12H2,1H3/t13-/m0/s1. The van der Waals surface area contributed by atoms with E-state index in [2.05, 4.69) is 6.07 Å². The molecule has 20 heavy (non-hydrogen) atoms. The molecule has 3 heteroatoms. The lowest BCUT2D eigenvalue weighted by atomic mass is 10.0. The molecule has 1 atom stereocenters. The molecule has 0 fully saturated rings. The van der Waals surface area contributed by atoms with Gasteiger partial charge >= 0.3 is 0 Å². The van der Waals surface area contributed by atoms with Crippen LogP contribution in [0.1, 0.15) is 29.5 Å². The summed E-state index contributed by atoms with van der Waals surface area (Å²) >= 11 is 0. The summed E-state index contributed by atoms with van der Waals surface area (Å²) in [7, 11) is 0. The fourth-order valence-electron chi connectivity index (χ4n) is 1.91. The van der Waals surface area contributed by atoms with Crippen molar-refractivity contribution in [3.05, 3.63) is 65.2 Å². The molecule has 0 aliphatic carbocycles. The zero-order chi connectivity index (χ0) is 14.4. The second-order valence-corrected chi connectivity index (χ2v) is 4.71. The predicted octanol–water partition coefficient (Wildman–Crippen LogP) is 3.23. The number of aliphatic hydroxyl groups excluding tert-OH is 1. The molecule has 0 aliphatic heterocycles. The molecule has 0 amide bonds. The molecular formula is C17H17NO2. The Morgan fingerprint density at radius 2 is 1.85 bits per heavy atom. The highest BCUT2D eigenvalue weighted by atomic mass is 16.5. The van der Waals surface area contributed by atoms with E-state index < -0.39 is 0 Å². The fourth-order valence-corrected chi connectivity index (χ4v) is 1.91. The minimum atomic E-state index is 0.128. The maximum absolute atomic E-state index is 9.11. The van der Waals surface area contributed by atoms with E-state index in [4.69, 9.17) is 15.1 Å².